The predicted molar refractivity (Wildman–Crippen MR) is 96.2 cm³/mol. The van der Waals surface area contributed by atoms with Crippen molar-refractivity contribution in [2.75, 3.05) is 5.32 Å². The Bertz CT molecular complexity index is 935. The smallest absolute Gasteiger partial charge is 0.338 e. The molecule has 7 nitrogen and oxygen atoms in total. The number of hydrogen-bond donors (Lipinski definition) is 2. The second-order valence-electron chi connectivity index (χ2n) is 5.49. The van der Waals surface area contributed by atoms with Crippen molar-refractivity contribution in [2.45, 2.75) is 20.0 Å². The molecule has 3 rings (SSSR count). The lowest BCUT2D eigenvalue weighted by atomic mass is 10.2. The number of aromatic nitrogens is 3. The first-order valence-corrected chi connectivity index (χ1v) is 8.50. The normalized spacial score (nSPS) is 10.7. The number of H-pyrrole nitrogens is 1. The summed E-state index contributed by atoms with van der Waals surface area (Å²) < 4.78 is 5.17. The number of esters is 1. The number of anilines is 2. The summed E-state index contributed by atoms with van der Waals surface area (Å²) in [5.74, 6) is -0.217. The van der Waals surface area contributed by atoms with Crippen LogP contribution in [0.4, 0.5) is 11.6 Å². The van der Waals surface area contributed by atoms with E-state index in [4.69, 9.17) is 4.74 Å². The van der Waals surface area contributed by atoms with Crippen LogP contribution in [0.2, 0.25) is 0 Å². The molecule has 0 fully saturated rings. The molecule has 0 aliphatic heterocycles. The van der Waals surface area contributed by atoms with Gasteiger partial charge in [0.05, 0.1) is 16.5 Å². The molecule has 0 spiro atoms. The van der Waals surface area contributed by atoms with Crippen molar-refractivity contribution < 1.29 is 9.53 Å². The molecule has 3 aromatic rings. The number of carbonyl (C=O) groups excluding carboxylic acids is 1. The van der Waals surface area contributed by atoms with Crippen LogP contribution in [0.25, 0.3) is 10.6 Å². The Morgan fingerprint density at radius 1 is 1.24 bits per heavy atom. The third-order valence-electron chi connectivity index (χ3n) is 3.16. The maximum Gasteiger partial charge on any atom is 0.338 e. The fourth-order valence-electron chi connectivity index (χ4n) is 2.11. The lowest BCUT2D eigenvalue weighted by molar-refractivity contribution is 0.0378. The van der Waals surface area contributed by atoms with E-state index in [1.807, 2.05) is 11.4 Å². The van der Waals surface area contributed by atoms with E-state index < -0.39 is 5.97 Å². The number of thiophene rings is 1. The molecule has 0 radical (unpaired) electrons. The highest BCUT2D eigenvalue weighted by Gasteiger charge is 2.11. The molecule has 0 saturated carbocycles. The first kappa shape index (κ1) is 16.8. The van der Waals surface area contributed by atoms with Gasteiger partial charge in [-0.15, -0.1) is 21.5 Å². The van der Waals surface area contributed by atoms with E-state index >= 15 is 0 Å². The minimum atomic E-state index is -0.411. The SMILES string of the molecule is CC(C)OC(=O)c1cccc(Nc2nnc(-c3cccs3)c(=O)[nH]2)c1. The molecule has 128 valence electrons. The molecule has 0 aliphatic carbocycles. The number of nitrogens with zero attached hydrogens (tertiary/aromatic N) is 2. The fourth-order valence-corrected chi connectivity index (χ4v) is 2.82. The minimum absolute atomic E-state index is 0.194. The van der Waals surface area contributed by atoms with Crippen molar-refractivity contribution in [3.05, 3.63) is 57.7 Å². The summed E-state index contributed by atoms with van der Waals surface area (Å²) in [4.78, 5) is 27.5. The van der Waals surface area contributed by atoms with Crippen LogP contribution in [0.3, 0.4) is 0 Å². The molecule has 8 heteroatoms. The van der Waals surface area contributed by atoms with Crippen LogP contribution in [0.5, 0.6) is 0 Å². The van der Waals surface area contributed by atoms with Gasteiger partial charge in [0, 0.05) is 5.69 Å². The van der Waals surface area contributed by atoms with Crippen molar-refractivity contribution in [1.82, 2.24) is 15.2 Å². The molecule has 0 atom stereocenters. The van der Waals surface area contributed by atoms with Crippen LogP contribution in [0.1, 0.15) is 24.2 Å². The average Bonchev–Trinajstić information content (AvgIpc) is 3.09. The van der Waals surface area contributed by atoms with E-state index in [1.54, 1.807) is 44.2 Å². The van der Waals surface area contributed by atoms with Crippen molar-refractivity contribution in [1.29, 1.82) is 0 Å². The number of rotatable bonds is 5. The average molecular weight is 356 g/mol. The molecule has 2 aromatic heterocycles. The molecule has 0 saturated heterocycles. The van der Waals surface area contributed by atoms with Crippen LogP contribution >= 0.6 is 11.3 Å². The standard InChI is InChI=1S/C17H16N4O3S/c1-10(2)24-16(23)11-5-3-6-12(9-11)18-17-19-15(22)14(20-21-17)13-7-4-8-25-13/h3-10H,1-2H3,(H2,18,19,21,22). The maximum atomic E-state index is 12.2. The summed E-state index contributed by atoms with van der Waals surface area (Å²) in [5.41, 5.74) is 0.932. The highest BCUT2D eigenvalue weighted by Crippen LogP contribution is 2.19. The van der Waals surface area contributed by atoms with Gasteiger partial charge in [0.1, 0.15) is 0 Å². The number of nitrogens with one attached hydrogen (secondary N) is 2. The van der Waals surface area contributed by atoms with Gasteiger partial charge in [-0.25, -0.2) is 4.79 Å². The van der Waals surface area contributed by atoms with Crippen LogP contribution in [-0.4, -0.2) is 27.3 Å². The molecule has 1 aromatic carbocycles. The lowest BCUT2D eigenvalue weighted by Crippen LogP contribution is -2.15. The molecule has 0 aliphatic rings. The highest BCUT2D eigenvalue weighted by molar-refractivity contribution is 7.13. The molecular formula is C17H16N4O3S. The van der Waals surface area contributed by atoms with Gasteiger partial charge in [-0.2, -0.15) is 0 Å². The van der Waals surface area contributed by atoms with Crippen molar-refractivity contribution >= 4 is 28.9 Å². The summed E-state index contributed by atoms with van der Waals surface area (Å²) >= 11 is 1.42. The van der Waals surface area contributed by atoms with Crippen molar-refractivity contribution in [2.24, 2.45) is 0 Å². The molecule has 0 unspecified atom stereocenters. The largest absolute Gasteiger partial charge is 0.459 e. The first-order chi connectivity index (χ1) is 12.0. The Hall–Kier alpha value is -3.00. The van der Waals surface area contributed by atoms with E-state index in [9.17, 15) is 9.59 Å². The van der Waals surface area contributed by atoms with Crippen LogP contribution < -0.4 is 10.9 Å². The van der Waals surface area contributed by atoms with E-state index in [0.29, 0.717) is 11.3 Å². The summed E-state index contributed by atoms with van der Waals surface area (Å²) in [5, 5.41) is 12.8. The third kappa shape index (κ3) is 4.10. The zero-order valence-corrected chi connectivity index (χ0v) is 14.5. The van der Waals surface area contributed by atoms with Gasteiger partial charge in [-0.3, -0.25) is 9.78 Å². The van der Waals surface area contributed by atoms with Crippen LogP contribution in [0.15, 0.2) is 46.6 Å². The highest BCUT2D eigenvalue weighted by atomic mass is 32.1. The second kappa shape index (κ2) is 7.27. The van der Waals surface area contributed by atoms with E-state index in [-0.39, 0.29) is 23.3 Å². The summed E-state index contributed by atoms with van der Waals surface area (Å²) in [7, 11) is 0. The Morgan fingerprint density at radius 3 is 2.76 bits per heavy atom. The summed E-state index contributed by atoms with van der Waals surface area (Å²) in [6.07, 6.45) is -0.198. The summed E-state index contributed by atoms with van der Waals surface area (Å²) in [6.45, 7) is 3.57. The number of ether oxygens (including phenoxy) is 1. The molecule has 0 amide bonds. The second-order valence-corrected chi connectivity index (χ2v) is 6.44. The molecule has 2 N–H and O–H groups in total. The zero-order chi connectivity index (χ0) is 17.8. The molecule has 2 heterocycles. The van der Waals surface area contributed by atoms with E-state index in [1.165, 1.54) is 11.3 Å². The third-order valence-corrected chi connectivity index (χ3v) is 4.03. The van der Waals surface area contributed by atoms with E-state index in [2.05, 4.69) is 20.5 Å². The van der Waals surface area contributed by atoms with Crippen LogP contribution in [0, 0.1) is 0 Å². The predicted octanol–water partition coefficient (Wildman–Crippen LogP) is 3.20. The summed E-state index contributed by atoms with van der Waals surface area (Å²) in [6, 6.07) is 10.4. The number of hydrogen-bond acceptors (Lipinski definition) is 7. The van der Waals surface area contributed by atoms with Gasteiger partial charge < -0.3 is 10.1 Å². The zero-order valence-electron chi connectivity index (χ0n) is 13.6. The molecule has 25 heavy (non-hydrogen) atoms. The van der Waals surface area contributed by atoms with Crippen LogP contribution in [-0.2, 0) is 4.74 Å². The van der Waals surface area contributed by atoms with Crippen molar-refractivity contribution in [3.63, 3.8) is 0 Å². The Balaban J connectivity index is 1.80. The van der Waals surface area contributed by atoms with Gasteiger partial charge in [-0.1, -0.05) is 12.1 Å². The van der Waals surface area contributed by atoms with Gasteiger partial charge in [0.15, 0.2) is 5.69 Å². The number of carbonyl (C=O) groups is 1. The Morgan fingerprint density at radius 2 is 2.08 bits per heavy atom. The van der Waals surface area contributed by atoms with Gasteiger partial charge >= 0.3 is 5.97 Å². The molecular weight excluding hydrogens is 340 g/mol. The monoisotopic (exact) mass is 356 g/mol. The Labute approximate surface area is 147 Å². The van der Waals surface area contributed by atoms with Gasteiger partial charge in [-0.05, 0) is 43.5 Å². The first-order valence-electron chi connectivity index (χ1n) is 7.62. The fraction of sp³-hybridized carbons (Fsp3) is 0.176. The maximum absolute atomic E-state index is 12.2. The number of benzene rings is 1. The molecule has 0 bridgehead atoms. The van der Waals surface area contributed by atoms with E-state index in [0.717, 1.165) is 4.88 Å². The van der Waals surface area contributed by atoms with Gasteiger partial charge in [0.25, 0.3) is 5.56 Å². The lowest BCUT2D eigenvalue weighted by Gasteiger charge is -2.09. The minimum Gasteiger partial charge on any atom is -0.459 e. The Kier molecular flexibility index (Phi) is 4.90. The topological polar surface area (TPSA) is 97.0 Å². The number of aromatic amines is 1. The van der Waals surface area contributed by atoms with Gasteiger partial charge in [0.2, 0.25) is 5.95 Å². The van der Waals surface area contributed by atoms with Crippen molar-refractivity contribution in [3.8, 4) is 10.6 Å². The quantitative estimate of drug-likeness (QED) is 0.682.